The van der Waals surface area contributed by atoms with Gasteiger partial charge in [-0.15, -0.1) is 0 Å². The maximum atomic E-state index is 12.4. The number of hydrogen-bond donors (Lipinski definition) is 2. The molecule has 2 atom stereocenters. The summed E-state index contributed by atoms with van der Waals surface area (Å²) in [4.78, 5) is 29.7. The molecule has 0 saturated carbocycles. The minimum atomic E-state index is -0.394. The van der Waals surface area contributed by atoms with Gasteiger partial charge < -0.3 is 15.0 Å². The quantitative estimate of drug-likeness (QED) is 0.786. The zero-order chi connectivity index (χ0) is 14.8. The predicted octanol–water partition coefficient (Wildman–Crippen LogP) is -0.454. The zero-order valence-electron chi connectivity index (χ0n) is 12.0. The Hall–Kier alpha value is -1.96. The number of morpholine rings is 1. The molecule has 21 heavy (non-hydrogen) atoms. The molecule has 0 aliphatic carbocycles. The second-order valence-electron chi connectivity index (χ2n) is 5.30. The van der Waals surface area contributed by atoms with Gasteiger partial charge in [0.15, 0.2) is 5.82 Å². The molecule has 0 spiro atoms. The van der Waals surface area contributed by atoms with Crippen LogP contribution < -0.4 is 5.32 Å². The Bertz CT molecular complexity index is 544. The van der Waals surface area contributed by atoms with E-state index in [4.69, 9.17) is 4.74 Å². The maximum absolute atomic E-state index is 12.4. The Morgan fingerprint density at radius 3 is 3.05 bits per heavy atom. The first-order valence-electron chi connectivity index (χ1n) is 7.28. The fourth-order valence-electron chi connectivity index (χ4n) is 2.64. The predicted molar refractivity (Wildman–Crippen MR) is 72.2 cm³/mol. The van der Waals surface area contributed by atoms with Crippen LogP contribution in [0.1, 0.15) is 37.5 Å². The summed E-state index contributed by atoms with van der Waals surface area (Å²) in [5.74, 6) is 1.29. The number of carbonyl (C=O) groups excluding carboxylic acids is 2. The molecule has 3 rings (SSSR count). The molecular weight excluding hydrogens is 274 g/mol. The van der Waals surface area contributed by atoms with E-state index in [-0.39, 0.29) is 17.9 Å². The van der Waals surface area contributed by atoms with Crippen molar-refractivity contribution in [3.8, 4) is 0 Å². The maximum Gasteiger partial charge on any atom is 0.245 e. The van der Waals surface area contributed by atoms with Crippen LogP contribution in [0.4, 0.5) is 0 Å². The second-order valence-corrected chi connectivity index (χ2v) is 5.30. The van der Waals surface area contributed by atoms with Crippen LogP contribution in [0.3, 0.4) is 0 Å². The molecule has 2 aliphatic rings. The van der Waals surface area contributed by atoms with E-state index in [2.05, 4.69) is 20.5 Å². The molecule has 1 aromatic rings. The highest BCUT2D eigenvalue weighted by molar-refractivity contribution is 5.90. The number of rotatable bonds is 3. The van der Waals surface area contributed by atoms with E-state index >= 15 is 0 Å². The molecule has 8 heteroatoms. The average molecular weight is 293 g/mol. The molecule has 0 bridgehead atoms. The first kappa shape index (κ1) is 14.0. The van der Waals surface area contributed by atoms with E-state index in [0.29, 0.717) is 38.4 Å². The molecule has 8 nitrogen and oxygen atoms in total. The number of amides is 2. The van der Waals surface area contributed by atoms with Crippen LogP contribution >= 0.6 is 0 Å². The van der Waals surface area contributed by atoms with E-state index in [9.17, 15) is 9.59 Å². The van der Waals surface area contributed by atoms with Gasteiger partial charge in [-0.3, -0.25) is 14.7 Å². The van der Waals surface area contributed by atoms with Gasteiger partial charge in [-0.1, -0.05) is 6.92 Å². The summed E-state index contributed by atoms with van der Waals surface area (Å²) in [6, 6.07) is -0.394. The van der Waals surface area contributed by atoms with Crippen molar-refractivity contribution in [2.75, 3.05) is 19.7 Å². The molecule has 114 valence electrons. The van der Waals surface area contributed by atoms with Gasteiger partial charge in [0, 0.05) is 19.4 Å². The van der Waals surface area contributed by atoms with Gasteiger partial charge >= 0.3 is 0 Å². The third kappa shape index (κ3) is 2.90. The van der Waals surface area contributed by atoms with Crippen molar-refractivity contribution < 1.29 is 14.3 Å². The standard InChI is InChI=1S/C13H19N5O3/c1-2-10-15-12(17-16-10)9-7-18(5-6-21-9)13(20)8-3-4-11(19)14-8/h8-9H,2-7H2,1H3,(H,14,19)(H,15,16,17)/t8-,9+/m1/s1. The third-order valence-electron chi connectivity index (χ3n) is 3.84. The van der Waals surface area contributed by atoms with E-state index in [1.807, 2.05) is 6.92 Å². The number of aryl methyl sites for hydroxylation is 1. The monoisotopic (exact) mass is 293 g/mol. The fourth-order valence-corrected chi connectivity index (χ4v) is 2.64. The van der Waals surface area contributed by atoms with Gasteiger partial charge in [0.2, 0.25) is 11.8 Å². The third-order valence-corrected chi connectivity index (χ3v) is 3.84. The summed E-state index contributed by atoms with van der Waals surface area (Å²) >= 11 is 0. The normalized spacial score (nSPS) is 26.0. The van der Waals surface area contributed by atoms with E-state index in [1.54, 1.807) is 4.90 Å². The van der Waals surface area contributed by atoms with Crippen LogP contribution in [0.2, 0.25) is 0 Å². The van der Waals surface area contributed by atoms with Crippen molar-refractivity contribution in [1.29, 1.82) is 0 Å². The van der Waals surface area contributed by atoms with Crippen LogP contribution in [0.5, 0.6) is 0 Å². The Morgan fingerprint density at radius 2 is 2.38 bits per heavy atom. The van der Waals surface area contributed by atoms with Crippen molar-refractivity contribution in [2.24, 2.45) is 0 Å². The Labute approximate surface area is 122 Å². The van der Waals surface area contributed by atoms with Gasteiger partial charge in [-0.2, -0.15) is 5.10 Å². The molecule has 2 amide bonds. The summed E-state index contributed by atoms with van der Waals surface area (Å²) in [5, 5.41) is 9.71. The highest BCUT2D eigenvalue weighted by atomic mass is 16.5. The summed E-state index contributed by atoms with van der Waals surface area (Å²) < 4.78 is 5.66. The molecule has 0 unspecified atom stereocenters. The SMILES string of the molecule is CCc1nc([C@@H]2CN(C(=O)[C@H]3CCC(=O)N3)CCO2)n[nH]1. The van der Waals surface area contributed by atoms with Gasteiger partial charge in [-0.25, -0.2) is 4.98 Å². The van der Waals surface area contributed by atoms with Gasteiger partial charge in [-0.05, 0) is 6.42 Å². The number of H-pyrrole nitrogens is 1. The Morgan fingerprint density at radius 1 is 1.52 bits per heavy atom. The first-order chi connectivity index (χ1) is 10.2. The van der Waals surface area contributed by atoms with Crippen LogP contribution in [0, 0.1) is 0 Å². The summed E-state index contributed by atoms with van der Waals surface area (Å²) in [5.41, 5.74) is 0. The van der Waals surface area contributed by atoms with Crippen molar-refractivity contribution in [2.45, 2.75) is 38.3 Å². The lowest BCUT2D eigenvalue weighted by molar-refractivity contribution is -0.142. The smallest absolute Gasteiger partial charge is 0.245 e. The summed E-state index contributed by atoms with van der Waals surface area (Å²) in [6.45, 7) is 3.40. The van der Waals surface area contributed by atoms with Crippen molar-refractivity contribution >= 4 is 11.8 Å². The minimum absolute atomic E-state index is 0.0413. The number of nitrogens with one attached hydrogen (secondary N) is 2. The van der Waals surface area contributed by atoms with Crippen molar-refractivity contribution in [1.82, 2.24) is 25.4 Å². The summed E-state index contributed by atoms with van der Waals surface area (Å²) in [7, 11) is 0. The number of nitrogens with zero attached hydrogens (tertiary/aromatic N) is 3. The largest absolute Gasteiger partial charge is 0.366 e. The molecular formula is C13H19N5O3. The van der Waals surface area contributed by atoms with Gasteiger partial charge in [0.1, 0.15) is 18.0 Å². The molecule has 0 aromatic carbocycles. The zero-order valence-corrected chi connectivity index (χ0v) is 12.0. The summed E-state index contributed by atoms with van der Waals surface area (Å²) in [6.07, 6.45) is 1.46. The number of aromatic amines is 1. The second kappa shape index (κ2) is 5.80. The Kier molecular flexibility index (Phi) is 3.87. The lowest BCUT2D eigenvalue weighted by Crippen LogP contribution is -2.49. The minimum Gasteiger partial charge on any atom is -0.366 e. The van der Waals surface area contributed by atoms with Gasteiger partial charge in [0.05, 0.1) is 13.2 Å². The van der Waals surface area contributed by atoms with Gasteiger partial charge in [0.25, 0.3) is 0 Å². The molecule has 3 heterocycles. The van der Waals surface area contributed by atoms with Crippen LogP contribution in [0.25, 0.3) is 0 Å². The number of ether oxygens (including phenoxy) is 1. The first-order valence-corrected chi connectivity index (χ1v) is 7.28. The fraction of sp³-hybridized carbons (Fsp3) is 0.692. The molecule has 1 aromatic heterocycles. The van der Waals surface area contributed by atoms with Crippen molar-refractivity contribution in [3.05, 3.63) is 11.6 Å². The lowest BCUT2D eigenvalue weighted by Gasteiger charge is -2.33. The molecule has 0 radical (unpaired) electrons. The van der Waals surface area contributed by atoms with Crippen molar-refractivity contribution in [3.63, 3.8) is 0 Å². The van der Waals surface area contributed by atoms with E-state index < -0.39 is 6.04 Å². The highest BCUT2D eigenvalue weighted by Gasteiger charge is 2.34. The highest BCUT2D eigenvalue weighted by Crippen LogP contribution is 2.21. The average Bonchev–Trinajstić information content (AvgIpc) is 3.15. The number of aromatic nitrogens is 3. The number of hydrogen-bond acceptors (Lipinski definition) is 5. The number of carbonyl (C=O) groups is 2. The molecule has 2 aliphatic heterocycles. The van der Waals surface area contributed by atoms with E-state index in [0.717, 1.165) is 12.2 Å². The molecule has 2 saturated heterocycles. The van der Waals surface area contributed by atoms with Crippen LogP contribution in [0.15, 0.2) is 0 Å². The lowest BCUT2D eigenvalue weighted by atomic mass is 10.1. The molecule has 2 N–H and O–H groups in total. The Balaban J connectivity index is 1.65. The molecule has 2 fully saturated rings. The van der Waals surface area contributed by atoms with E-state index in [1.165, 1.54) is 0 Å². The van der Waals surface area contributed by atoms with Crippen LogP contribution in [-0.2, 0) is 20.7 Å². The topological polar surface area (TPSA) is 100 Å². The van der Waals surface area contributed by atoms with Crippen LogP contribution in [-0.4, -0.2) is 57.6 Å².